The van der Waals surface area contributed by atoms with Gasteiger partial charge in [-0.2, -0.15) is 12.6 Å². The van der Waals surface area contributed by atoms with Crippen molar-refractivity contribution in [3.8, 4) is 0 Å². The van der Waals surface area contributed by atoms with E-state index in [4.69, 9.17) is 15.9 Å². The van der Waals surface area contributed by atoms with E-state index in [1.807, 2.05) is 0 Å². The van der Waals surface area contributed by atoms with E-state index in [9.17, 15) is 29.1 Å². The summed E-state index contributed by atoms with van der Waals surface area (Å²) in [6.07, 6.45) is 0.463. The van der Waals surface area contributed by atoms with Gasteiger partial charge in [0.15, 0.2) is 0 Å². The molecule has 31 heavy (non-hydrogen) atoms. The van der Waals surface area contributed by atoms with E-state index >= 15 is 0 Å². The molecule has 0 aromatic carbocycles. The van der Waals surface area contributed by atoms with Gasteiger partial charge >= 0.3 is 5.97 Å². The number of carboxylic acid groups (broad SMARTS) is 1. The van der Waals surface area contributed by atoms with Crippen molar-refractivity contribution in [2.24, 2.45) is 11.7 Å². The molecule has 14 heteroatoms. The van der Waals surface area contributed by atoms with Gasteiger partial charge in [-0.05, 0) is 5.92 Å². The fourth-order valence-electron chi connectivity index (χ4n) is 2.22. The molecule has 4 amide bonds. The lowest BCUT2D eigenvalue weighted by Gasteiger charge is -2.27. The Hall–Kier alpha value is -2.42. The van der Waals surface area contributed by atoms with Gasteiger partial charge in [-0.1, -0.05) is 20.3 Å². The minimum atomic E-state index is -1.43. The van der Waals surface area contributed by atoms with Crippen LogP contribution in [-0.4, -0.2) is 94.6 Å². The molecule has 9 N–H and O–H groups in total. The van der Waals surface area contributed by atoms with Crippen LogP contribution in [0.15, 0.2) is 0 Å². The van der Waals surface area contributed by atoms with Crippen molar-refractivity contribution in [1.82, 2.24) is 21.3 Å². The van der Waals surface area contributed by atoms with Crippen molar-refractivity contribution in [1.29, 1.82) is 0 Å². The van der Waals surface area contributed by atoms with E-state index in [1.54, 1.807) is 13.8 Å². The Labute approximate surface area is 184 Å². The lowest BCUT2D eigenvalue weighted by molar-refractivity contribution is -0.142. The molecule has 0 spiro atoms. The first kappa shape index (κ1) is 28.6. The number of aliphatic carboxylic acids is 1. The number of aliphatic hydroxyl groups is 2. The molecule has 0 aliphatic carbocycles. The van der Waals surface area contributed by atoms with Crippen LogP contribution in [0.3, 0.4) is 0 Å². The number of thiol groups is 1. The molecule has 0 saturated heterocycles. The number of nitrogens with two attached hydrogens (primary N) is 1. The van der Waals surface area contributed by atoms with Crippen LogP contribution in [-0.2, 0) is 24.0 Å². The first-order valence-corrected chi connectivity index (χ1v) is 10.1. The summed E-state index contributed by atoms with van der Waals surface area (Å²) in [7, 11) is 0. The van der Waals surface area contributed by atoms with Crippen molar-refractivity contribution in [2.75, 3.05) is 25.5 Å². The second kappa shape index (κ2) is 14.6. The monoisotopic (exact) mass is 465 g/mol. The average molecular weight is 466 g/mol. The Morgan fingerprint density at radius 3 is 2.00 bits per heavy atom. The van der Waals surface area contributed by atoms with E-state index < -0.39 is 79.4 Å². The van der Waals surface area contributed by atoms with Gasteiger partial charge in [0.1, 0.15) is 24.2 Å². The highest BCUT2D eigenvalue weighted by Gasteiger charge is 2.31. The summed E-state index contributed by atoms with van der Waals surface area (Å²) in [4.78, 5) is 59.5. The summed E-state index contributed by atoms with van der Waals surface area (Å²) in [5.41, 5.74) is 5.29. The summed E-state index contributed by atoms with van der Waals surface area (Å²) >= 11 is 3.87. The largest absolute Gasteiger partial charge is 0.480 e. The SMILES string of the molecule is CC[C@H](C)[C@H](NC(=O)[C@H](CO)NC(=O)CNC(=O)[C@@H](N)CO)C(=O)N[C@@H](CS)C(=O)O. The maximum Gasteiger partial charge on any atom is 0.327 e. The third kappa shape index (κ3) is 9.95. The number of aliphatic hydroxyl groups excluding tert-OH is 2. The summed E-state index contributed by atoms with van der Waals surface area (Å²) in [5.74, 6) is -5.09. The minimum Gasteiger partial charge on any atom is -0.480 e. The van der Waals surface area contributed by atoms with E-state index in [1.165, 1.54) is 0 Å². The van der Waals surface area contributed by atoms with Gasteiger partial charge in [0.25, 0.3) is 0 Å². The molecule has 0 fully saturated rings. The molecule has 0 aromatic heterocycles. The second-order valence-electron chi connectivity index (χ2n) is 6.76. The standard InChI is InChI=1S/C17H31N5O8S/c1-3-8(2)13(16(28)21-11(7-31)17(29)30)22-15(27)10(6-24)20-12(25)4-19-14(26)9(18)5-23/h8-11,13,23-24,31H,3-7,18H2,1-2H3,(H,19,26)(H,20,25)(H,21,28)(H,22,27)(H,29,30)/t8-,9-,10-,11-,13-/m0/s1. The van der Waals surface area contributed by atoms with E-state index in [-0.39, 0.29) is 5.75 Å². The van der Waals surface area contributed by atoms with Crippen molar-refractivity contribution in [2.45, 2.75) is 44.4 Å². The number of carbonyl (C=O) groups excluding carboxylic acids is 4. The number of carboxylic acids is 1. The van der Waals surface area contributed by atoms with Crippen LogP contribution in [0.25, 0.3) is 0 Å². The molecule has 0 saturated carbocycles. The van der Waals surface area contributed by atoms with Crippen LogP contribution in [0, 0.1) is 5.92 Å². The van der Waals surface area contributed by atoms with Crippen molar-refractivity contribution < 1.29 is 39.3 Å². The maximum atomic E-state index is 12.5. The molecule has 0 radical (unpaired) electrons. The highest BCUT2D eigenvalue weighted by atomic mass is 32.1. The Kier molecular flexibility index (Phi) is 13.4. The number of rotatable bonds is 14. The van der Waals surface area contributed by atoms with Gasteiger partial charge in [0.05, 0.1) is 19.8 Å². The van der Waals surface area contributed by atoms with Gasteiger partial charge in [-0.15, -0.1) is 0 Å². The zero-order valence-electron chi connectivity index (χ0n) is 17.3. The maximum absolute atomic E-state index is 12.5. The summed E-state index contributed by atoms with van der Waals surface area (Å²) in [5, 5.41) is 36.3. The van der Waals surface area contributed by atoms with Gasteiger partial charge in [0, 0.05) is 5.75 Å². The molecule has 0 aromatic rings. The quantitative estimate of drug-likeness (QED) is 0.114. The number of carbonyl (C=O) groups is 5. The van der Waals surface area contributed by atoms with Gasteiger partial charge in [-0.25, -0.2) is 4.79 Å². The summed E-state index contributed by atoms with van der Waals surface area (Å²) in [6.45, 7) is 1.44. The Morgan fingerprint density at radius 2 is 1.55 bits per heavy atom. The summed E-state index contributed by atoms with van der Waals surface area (Å²) < 4.78 is 0. The van der Waals surface area contributed by atoms with Crippen LogP contribution < -0.4 is 27.0 Å². The fraction of sp³-hybridized carbons (Fsp3) is 0.706. The fourth-order valence-corrected chi connectivity index (χ4v) is 2.47. The van der Waals surface area contributed by atoms with Gasteiger partial charge in [-0.3, -0.25) is 19.2 Å². The Balaban J connectivity index is 5.08. The smallest absolute Gasteiger partial charge is 0.327 e. The third-order valence-corrected chi connectivity index (χ3v) is 4.75. The van der Waals surface area contributed by atoms with Gasteiger partial charge in [0.2, 0.25) is 23.6 Å². The molecular weight excluding hydrogens is 434 g/mol. The van der Waals surface area contributed by atoms with Crippen LogP contribution in [0.5, 0.6) is 0 Å². The molecule has 0 rings (SSSR count). The Morgan fingerprint density at radius 1 is 0.935 bits per heavy atom. The first-order chi connectivity index (χ1) is 14.5. The Bertz CT molecular complexity index is 650. The number of hydrogen-bond acceptors (Lipinski definition) is 9. The number of amides is 4. The summed E-state index contributed by atoms with van der Waals surface area (Å²) in [6, 6.07) is -5.05. The molecule has 0 heterocycles. The number of hydrogen-bond donors (Lipinski definition) is 9. The lowest BCUT2D eigenvalue weighted by Crippen LogP contribution is -2.59. The van der Waals surface area contributed by atoms with Crippen LogP contribution >= 0.6 is 12.6 Å². The highest BCUT2D eigenvalue weighted by Crippen LogP contribution is 2.09. The average Bonchev–Trinajstić information content (AvgIpc) is 2.75. The van der Waals surface area contributed by atoms with Crippen LogP contribution in [0.1, 0.15) is 20.3 Å². The van der Waals surface area contributed by atoms with E-state index in [2.05, 4.69) is 33.9 Å². The normalized spacial score (nSPS) is 15.5. The first-order valence-electron chi connectivity index (χ1n) is 9.50. The predicted molar refractivity (Wildman–Crippen MR) is 112 cm³/mol. The van der Waals surface area contributed by atoms with Gasteiger partial charge < -0.3 is 42.3 Å². The molecule has 5 atom stereocenters. The van der Waals surface area contributed by atoms with Crippen LogP contribution in [0.2, 0.25) is 0 Å². The molecular formula is C17H31N5O8S. The molecule has 178 valence electrons. The minimum absolute atomic E-state index is 0.163. The van der Waals surface area contributed by atoms with Crippen molar-refractivity contribution in [3.05, 3.63) is 0 Å². The van der Waals surface area contributed by atoms with E-state index in [0.29, 0.717) is 6.42 Å². The predicted octanol–water partition coefficient (Wildman–Crippen LogP) is -4.07. The highest BCUT2D eigenvalue weighted by molar-refractivity contribution is 7.80. The topological polar surface area (TPSA) is 220 Å². The zero-order valence-corrected chi connectivity index (χ0v) is 18.2. The second-order valence-corrected chi connectivity index (χ2v) is 7.13. The lowest BCUT2D eigenvalue weighted by atomic mass is 9.97. The van der Waals surface area contributed by atoms with E-state index in [0.717, 1.165) is 0 Å². The van der Waals surface area contributed by atoms with Crippen molar-refractivity contribution in [3.63, 3.8) is 0 Å². The molecule has 0 bridgehead atoms. The third-order valence-electron chi connectivity index (χ3n) is 4.38. The van der Waals surface area contributed by atoms with Crippen molar-refractivity contribution >= 4 is 42.2 Å². The van der Waals surface area contributed by atoms with Crippen LogP contribution in [0.4, 0.5) is 0 Å². The zero-order chi connectivity index (χ0) is 24.1. The molecule has 0 aliphatic heterocycles. The molecule has 13 nitrogen and oxygen atoms in total. The molecule has 0 aliphatic rings. The molecule has 0 unspecified atom stereocenters. The number of nitrogens with one attached hydrogen (secondary N) is 4.